The summed E-state index contributed by atoms with van der Waals surface area (Å²) in [6.07, 6.45) is -0.370. The molecule has 0 aliphatic carbocycles. The van der Waals surface area contributed by atoms with Crippen LogP contribution in [-0.2, 0) is 28.6 Å². The maximum Gasteiger partial charge on any atom is 0.321 e. The fraction of sp³-hybridized carbons (Fsp3) is 0.474. The van der Waals surface area contributed by atoms with Gasteiger partial charge in [-0.2, -0.15) is 0 Å². The van der Waals surface area contributed by atoms with E-state index in [-0.39, 0.29) is 32.0 Å². The van der Waals surface area contributed by atoms with E-state index in [0.29, 0.717) is 5.56 Å². The van der Waals surface area contributed by atoms with E-state index in [1.54, 1.807) is 51.1 Å². The van der Waals surface area contributed by atoms with E-state index < -0.39 is 29.7 Å². The first kappa shape index (κ1) is 21.3. The zero-order valence-electron chi connectivity index (χ0n) is 15.2. The number of hydrogen-bond donors (Lipinski definition) is 0. The second-order valence-electron chi connectivity index (χ2n) is 5.33. The van der Waals surface area contributed by atoms with Crippen LogP contribution in [0.5, 0.6) is 0 Å². The molecule has 0 bridgehead atoms. The molecule has 1 atom stereocenters. The zero-order chi connectivity index (χ0) is 19.5. The first-order valence-corrected chi connectivity index (χ1v) is 8.54. The molecule has 7 nitrogen and oxygen atoms in total. The number of hydrogen-bond acceptors (Lipinski definition) is 7. The molecular weight excluding hydrogens is 340 g/mol. The third kappa shape index (κ3) is 5.98. The summed E-state index contributed by atoms with van der Waals surface area (Å²) in [5, 5.41) is 0. The van der Waals surface area contributed by atoms with Gasteiger partial charge in [-0.25, -0.2) is 0 Å². The van der Waals surface area contributed by atoms with Gasteiger partial charge in [-0.3, -0.25) is 19.2 Å². The average molecular weight is 364 g/mol. The van der Waals surface area contributed by atoms with E-state index in [0.717, 1.165) is 0 Å². The summed E-state index contributed by atoms with van der Waals surface area (Å²) in [4.78, 5) is 49.5. The van der Waals surface area contributed by atoms with Crippen LogP contribution in [0, 0.1) is 11.8 Å². The molecule has 0 aliphatic heterocycles. The highest BCUT2D eigenvalue weighted by Gasteiger charge is 2.43. The van der Waals surface area contributed by atoms with Gasteiger partial charge in [0.05, 0.1) is 25.7 Å². The highest BCUT2D eigenvalue weighted by atomic mass is 16.6. The molecule has 7 heteroatoms. The molecule has 0 heterocycles. The molecule has 1 unspecified atom stereocenters. The second-order valence-corrected chi connectivity index (χ2v) is 5.33. The van der Waals surface area contributed by atoms with Crippen molar-refractivity contribution >= 4 is 23.7 Å². The summed E-state index contributed by atoms with van der Waals surface area (Å²) >= 11 is 0. The normalized spacial score (nSPS) is 11.5. The van der Waals surface area contributed by atoms with Gasteiger partial charge in [0.1, 0.15) is 0 Å². The van der Waals surface area contributed by atoms with Crippen molar-refractivity contribution < 1.29 is 33.4 Å². The quantitative estimate of drug-likeness (QED) is 0.272. The van der Waals surface area contributed by atoms with Gasteiger partial charge < -0.3 is 14.2 Å². The van der Waals surface area contributed by atoms with Gasteiger partial charge in [-0.1, -0.05) is 30.3 Å². The number of esters is 3. The molecule has 1 aromatic carbocycles. The van der Waals surface area contributed by atoms with Crippen molar-refractivity contribution in [3.63, 3.8) is 0 Å². The SMILES string of the molecule is CCOC(=O)C(CC(=O)c1ccccc1)C(C(=O)OCC)C(=O)OCC. The monoisotopic (exact) mass is 364 g/mol. The second kappa shape index (κ2) is 11.0. The lowest BCUT2D eigenvalue weighted by atomic mass is 9.86. The molecule has 0 radical (unpaired) electrons. The van der Waals surface area contributed by atoms with Crippen LogP contribution in [-0.4, -0.2) is 43.5 Å². The molecule has 1 rings (SSSR count). The Bertz CT molecular complexity index is 606. The lowest BCUT2D eigenvalue weighted by Gasteiger charge is -2.22. The van der Waals surface area contributed by atoms with Gasteiger partial charge in [0.15, 0.2) is 11.7 Å². The van der Waals surface area contributed by atoms with Crippen LogP contribution < -0.4 is 0 Å². The van der Waals surface area contributed by atoms with Crippen molar-refractivity contribution in [1.82, 2.24) is 0 Å². The fourth-order valence-corrected chi connectivity index (χ4v) is 2.42. The number of Topliss-reactive ketones (excluding diaryl/α,β-unsaturated/α-hetero) is 1. The molecule has 0 saturated carbocycles. The molecule has 1 aromatic rings. The highest BCUT2D eigenvalue weighted by molar-refractivity contribution is 6.03. The minimum Gasteiger partial charge on any atom is -0.466 e. The van der Waals surface area contributed by atoms with Crippen molar-refractivity contribution in [3.8, 4) is 0 Å². The Morgan fingerprint density at radius 1 is 0.769 bits per heavy atom. The largest absolute Gasteiger partial charge is 0.466 e. The van der Waals surface area contributed by atoms with E-state index in [4.69, 9.17) is 14.2 Å². The Morgan fingerprint density at radius 2 is 1.23 bits per heavy atom. The molecule has 142 valence electrons. The average Bonchev–Trinajstić information content (AvgIpc) is 2.62. The lowest BCUT2D eigenvalue weighted by molar-refractivity contribution is -0.171. The van der Waals surface area contributed by atoms with E-state index in [1.165, 1.54) is 0 Å². The first-order valence-electron chi connectivity index (χ1n) is 8.54. The molecule has 0 saturated heterocycles. The van der Waals surface area contributed by atoms with Gasteiger partial charge in [-0.05, 0) is 20.8 Å². The summed E-state index contributed by atoms with van der Waals surface area (Å²) in [5.41, 5.74) is 0.369. The van der Waals surface area contributed by atoms with Crippen molar-refractivity contribution in [2.24, 2.45) is 11.8 Å². The molecule has 0 aromatic heterocycles. The summed E-state index contributed by atoms with van der Waals surface area (Å²) in [6.45, 7) is 4.85. The lowest BCUT2D eigenvalue weighted by Crippen LogP contribution is -2.40. The van der Waals surface area contributed by atoms with Crippen LogP contribution in [0.3, 0.4) is 0 Å². The highest BCUT2D eigenvalue weighted by Crippen LogP contribution is 2.24. The van der Waals surface area contributed by atoms with Gasteiger partial charge >= 0.3 is 17.9 Å². The number of ether oxygens (including phenoxy) is 3. The minimum absolute atomic E-state index is 0.0247. The van der Waals surface area contributed by atoms with Gasteiger partial charge in [0.2, 0.25) is 0 Å². The molecule has 0 N–H and O–H groups in total. The Labute approximate surface area is 152 Å². The maximum absolute atomic E-state index is 12.5. The van der Waals surface area contributed by atoms with E-state index in [2.05, 4.69) is 0 Å². The Morgan fingerprint density at radius 3 is 1.69 bits per heavy atom. The van der Waals surface area contributed by atoms with Crippen molar-refractivity contribution in [2.75, 3.05) is 19.8 Å². The van der Waals surface area contributed by atoms with Crippen molar-refractivity contribution in [1.29, 1.82) is 0 Å². The summed E-state index contributed by atoms with van der Waals surface area (Å²) in [5.74, 6) is -5.90. The van der Waals surface area contributed by atoms with E-state index in [1.807, 2.05) is 0 Å². The van der Waals surface area contributed by atoms with Gasteiger partial charge in [-0.15, -0.1) is 0 Å². The predicted octanol–water partition coefficient (Wildman–Crippen LogP) is 2.18. The maximum atomic E-state index is 12.5. The third-order valence-electron chi connectivity index (χ3n) is 3.57. The summed E-state index contributed by atoms with van der Waals surface area (Å²) < 4.78 is 14.8. The molecule has 0 amide bonds. The number of ketones is 1. The van der Waals surface area contributed by atoms with Gasteiger partial charge in [0, 0.05) is 12.0 Å². The van der Waals surface area contributed by atoms with E-state index >= 15 is 0 Å². The summed E-state index contributed by atoms with van der Waals surface area (Å²) in [7, 11) is 0. The van der Waals surface area contributed by atoms with Crippen molar-refractivity contribution in [3.05, 3.63) is 35.9 Å². The van der Waals surface area contributed by atoms with Crippen molar-refractivity contribution in [2.45, 2.75) is 27.2 Å². The van der Waals surface area contributed by atoms with Crippen LogP contribution in [0.15, 0.2) is 30.3 Å². The molecular formula is C19H24O7. The summed E-state index contributed by atoms with van der Waals surface area (Å²) in [6, 6.07) is 8.30. The number of rotatable bonds is 10. The van der Waals surface area contributed by atoms with Gasteiger partial charge in [0.25, 0.3) is 0 Å². The van der Waals surface area contributed by atoms with E-state index in [9.17, 15) is 19.2 Å². The number of carbonyl (C=O) groups excluding carboxylic acids is 4. The van der Waals surface area contributed by atoms with Crippen LogP contribution >= 0.6 is 0 Å². The molecule has 0 aliphatic rings. The molecule has 26 heavy (non-hydrogen) atoms. The fourth-order valence-electron chi connectivity index (χ4n) is 2.42. The first-order chi connectivity index (χ1) is 12.5. The molecule has 0 fully saturated rings. The number of benzene rings is 1. The van der Waals surface area contributed by atoms with Crippen LogP contribution in [0.4, 0.5) is 0 Å². The predicted molar refractivity (Wildman–Crippen MR) is 92.3 cm³/mol. The van der Waals surface area contributed by atoms with Crippen LogP contribution in [0.1, 0.15) is 37.6 Å². The molecule has 0 spiro atoms. The Balaban J connectivity index is 3.17. The van der Waals surface area contributed by atoms with Crippen LogP contribution in [0.2, 0.25) is 0 Å². The number of carbonyl (C=O) groups is 4. The standard InChI is InChI=1S/C19H24O7/c1-4-24-17(21)14(12-15(20)13-10-8-7-9-11-13)16(18(22)25-5-2)19(23)26-6-3/h7-11,14,16H,4-6,12H2,1-3H3. The zero-order valence-corrected chi connectivity index (χ0v) is 15.2. The smallest absolute Gasteiger partial charge is 0.321 e. The Kier molecular flexibility index (Phi) is 9.05. The third-order valence-corrected chi connectivity index (χ3v) is 3.57. The van der Waals surface area contributed by atoms with Crippen LogP contribution in [0.25, 0.3) is 0 Å². The topological polar surface area (TPSA) is 96.0 Å². The minimum atomic E-state index is -1.55. The Hall–Kier alpha value is -2.70.